The van der Waals surface area contributed by atoms with Crippen molar-refractivity contribution in [1.29, 1.82) is 0 Å². The Morgan fingerprint density at radius 2 is 1.88 bits per heavy atom. The van der Waals surface area contributed by atoms with Crippen LogP contribution in [0.4, 0.5) is 13.2 Å². The Balaban J connectivity index is 1.75. The average Bonchev–Trinajstić information content (AvgIpc) is 3.26. The Morgan fingerprint density at radius 1 is 1.16 bits per heavy atom. The van der Waals surface area contributed by atoms with Gasteiger partial charge in [0.05, 0.1) is 20.3 Å². The maximum Gasteiger partial charge on any atom is 0.573 e. The standard InChI is InChI=1S/C21H27F3N4O4/c1-30-27-20-15(3-2-10-29)4-5-16(19(20)11-28-14-25-13-26-28)12-31-17-6-8-18(9-7-17)32-21(22,23)24/h6-9,13-16,27,29H,2-5,10-12H2,1H3/t15-,16+/m1/s1. The Morgan fingerprint density at radius 3 is 2.50 bits per heavy atom. The molecule has 2 aromatic rings. The van der Waals surface area contributed by atoms with Gasteiger partial charge >= 0.3 is 6.36 Å². The van der Waals surface area contributed by atoms with Gasteiger partial charge in [0.25, 0.3) is 0 Å². The number of hydroxylamine groups is 1. The summed E-state index contributed by atoms with van der Waals surface area (Å²) >= 11 is 0. The molecule has 1 aromatic carbocycles. The molecular formula is C21H27F3N4O4. The molecular weight excluding hydrogens is 429 g/mol. The zero-order valence-corrected chi connectivity index (χ0v) is 17.7. The summed E-state index contributed by atoms with van der Waals surface area (Å²) in [6.07, 6.45) is 1.60. The van der Waals surface area contributed by atoms with E-state index in [9.17, 15) is 18.3 Å². The lowest BCUT2D eigenvalue weighted by atomic mass is 9.78. The number of aliphatic hydroxyl groups is 1. The molecule has 2 atom stereocenters. The quantitative estimate of drug-likeness (QED) is 0.501. The van der Waals surface area contributed by atoms with Crippen LogP contribution in [0.15, 0.2) is 48.2 Å². The smallest absolute Gasteiger partial charge is 0.493 e. The van der Waals surface area contributed by atoms with Gasteiger partial charge in [-0.05, 0) is 55.5 Å². The van der Waals surface area contributed by atoms with Crippen molar-refractivity contribution in [1.82, 2.24) is 20.2 Å². The summed E-state index contributed by atoms with van der Waals surface area (Å²) in [5.41, 5.74) is 5.03. The molecule has 0 aliphatic heterocycles. The maximum absolute atomic E-state index is 12.3. The fourth-order valence-electron chi connectivity index (χ4n) is 3.91. The van der Waals surface area contributed by atoms with Gasteiger partial charge in [0.2, 0.25) is 0 Å². The highest BCUT2D eigenvalue weighted by atomic mass is 19.4. The van der Waals surface area contributed by atoms with Gasteiger partial charge in [-0.3, -0.25) is 10.3 Å². The number of rotatable bonds is 11. The molecule has 2 N–H and O–H groups in total. The van der Waals surface area contributed by atoms with Crippen molar-refractivity contribution in [3.05, 3.63) is 48.2 Å². The minimum atomic E-state index is -4.73. The Labute approximate surface area is 183 Å². The summed E-state index contributed by atoms with van der Waals surface area (Å²) in [6, 6.07) is 5.34. The number of halogens is 3. The van der Waals surface area contributed by atoms with Crippen molar-refractivity contribution in [3.8, 4) is 11.5 Å². The van der Waals surface area contributed by atoms with E-state index in [2.05, 4.69) is 20.3 Å². The van der Waals surface area contributed by atoms with Gasteiger partial charge < -0.3 is 14.6 Å². The molecule has 1 aliphatic rings. The molecule has 1 aromatic heterocycles. The van der Waals surface area contributed by atoms with Crippen LogP contribution >= 0.6 is 0 Å². The Bertz CT molecular complexity index is 857. The summed E-state index contributed by atoms with van der Waals surface area (Å²) in [5, 5.41) is 13.4. The summed E-state index contributed by atoms with van der Waals surface area (Å²) in [6.45, 7) is 0.953. The molecule has 1 aliphatic carbocycles. The van der Waals surface area contributed by atoms with Gasteiger partial charge in [-0.15, -0.1) is 13.2 Å². The van der Waals surface area contributed by atoms with E-state index < -0.39 is 6.36 Å². The van der Waals surface area contributed by atoms with E-state index in [0.29, 0.717) is 25.3 Å². The lowest BCUT2D eigenvalue weighted by Crippen LogP contribution is -2.32. The van der Waals surface area contributed by atoms with E-state index >= 15 is 0 Å². The molecule has 32 heavy (non-hydrogen) atoms. The highest BCUT2D eigenvalue weighted by Crippen LogP contribution is 2.37. The number of alkyl halides is 3. The average molecular weight is 456 g/mol. The zero-order chi connectivity index (χ0) is 23.0. The second-order valence-corrected chi connectivity index (χ2v) is 7.51. The van der Waals surface area contributed by atoms with Crippen molar-refractivity contribution in [2.24, 2.45) is 11.8 Å². The highest BCUT2D eigenvalue weighted by Gasteiger charge is 2.32. The monoisotopic (exact) mass is 456 g/mol. The van der Waals surface area contributed by atoms with E-state index in [0.717, 1.165) is 30.5 Å². The van der Waals surface area contributed by atoms with Crippen LogP contribution in [0.2, 0.25) is 0 Å². The number of allylic oxidation sites excluding steroid dienone is 1. The number of hydrogen-bond donors (Lipinski definition) is 2. The van der Waals surface area contributed by atoms with Crippen LogP contribution in [0.25, 0.3) is 0 Å². The van der Waals surface area contributed by atoms with Crippen molar-refractivity contribution in [3.63, 3.8) is 0 Å². The predicted molar refractivity (Wildman–Crippen MR) is 108 cm³/mol. The summed E-state index contributed by atoms with van der Waals surface area (Å²) in [4.78, 5) is 9.24. The third-order valence-electron chi connectivity index (χ3n) is 5.34. The molecule has 11 heteroatoms. The van der Waals surface area contributed by atoms with E-state index in [4.69, 9.17) is 9.57 Å². The number of aliphatic hydroxyl groups excluding tert-OH is 1. The Hall–Kier alpha value is -2.79. The van der Waals surface area contributed by atoms with Gasteiger partial charge in [0.15, 0.2) is 0 Å². The van der Waals surface area contributed by atoms with Gasteiger partial charge in [-0.2, -0.15) is 5.10 Å². The molecule has 3 rings (SSSR count). The van der Waals surface area contributed by atoms with Gasteiger partial charge in [0, 0.05) is 24.1 Å². The fourth-order valence-corrected chi connectivity index (χ4v) is 3.91. The third kappa shape index (κ3) is 6.86. The molecule has 0 saturated heterocycles. The molecule has 0 bridgehead atoms. The lowest BCUT2D eigenvalue weighted by Gasteiger charge is -2.34. The molecule has 0 amide bonds. The van der Waals surface area contributed by atoms with Crippen LogP contribution in [0.5, 0.6) is 11.5 Å². The molecule has 0 saturated carbocycles. The van der Waals surface area contributed by atoms with Crippen molar-refractivity contribution >= 4 is 0 Å². The summed E-state index contributed by atoms with van der Waals surface area (Å²) < 4.78 is 48.5. The number of aromatic nitrogens is 3. The second kappa shape index (κ2) is 11.2. The van der Waals surface area contributed by atoms with Crippen molar-refractivity contribution in [2.45, 2.75) is 38.6 Å². The van der Waals surface area contributed by atoms with E-state index in [1.807, 2.05) is 0 Å². The first kappa shape index (κ1) is 23.9. The van der Waals surface area contributed by atoms with Crippen LogP contribution in [0.3, 0.4) is 0 Å². The molecule has 176 valence electrons. The highest BCUT2D eigenvalue weighted by molar-refractivity contribution is 5.31. The van der Waals surface area contributed by atoms with Gasteiger partial charge in [-0.1, -0.05) is 0 Å². The van der Waals surface area contributed by atoms with Crippen LogP contribution in [0.1, 0.15) is 25.7 Å². The zero-order valence-electron chi connectivity index (χ0n) is 17.7. The largest absolute Gasteiger partial charge is 0.573 e. The number of benzene rings is 1. The molecule has 0 unspecified atom stereocenters. The third-order valence-corrected chi connectivity index (χ3v) is 5.34. The first-order valence-electron chi connectivity index (χ1n) is 10.3. The first-order valence-corrected chi connectivity index (χ1v) is 10.3. The molecule has 0 spiro atoms. The lowest BCUT2D eigenvalue weighted by molar-refractivity contribution is -0.274. The van der Waals surface area contributed by atoms with Crippen LogP contribution < -0.4 is 15.0 Å². The number of hydrogen-bond acceptors (Lipinski definition) is 7. The van der Waals surface area contributed by atoms with Crippen LogP contribution in [0, 0.1) is 11.8 Å². The molecule has 0 radical (unpaired) electrons. The normalized spacial score (nSPS) is 19.2. The second-order valence-electron chi connectivity index (χ2n) is 7.51. The van der Waals surface area contributed by atoms with Crippen molar-refractivity contribution < 1.29 is 32.6 Å². The van der Waals surface area contributed by atoms with E-state index in [1.165, 1.54) is 30.6 Å². The minimum Gasteiger partial charge on any atom is -0.493 e. The number of ether oxygens (including phenoxy) is 2. The SMILES string of the molecule is CONC1=C(Cn2cncn2)[C@H](COc2ccc(OC(F)(F)F)cc2)CC[C@H]1CCCO. The fraction of sp³-hybridized carbons (Fsp3) is 0.524. The molecule has 1 heterocycles. The van der Waals surface area contributed by atoms with Gasteiger partial charge in [0.1, 0.15) is 24.2 Å². The van der Waals surface area contributed by atoms with E-state index in [1.54, 1.807) is 18.1 Å². The van der Waals surface area contributed by atoms with Crippen molar-refractivity contribution in [2.75, 3.05) is 20.3 Å². The number of nitrogens with zero attached hydrogens (tertiary/aromatic N) is 3. The first-order chi connectivity index (χ1) is 15.4. The summed E-state index contributed by atoms with van der Waals surface area (Å²) in [5.74, 6) is 0.389. The van der Waals surface area contributed by atoms with Gasteiger partial charge in [-0.25, -0.2) is 9.67 Å². The molecule has 8 nitrogen and oxygen atoms in total. The molecule has 0 fully saturated rings. The summed E-state index contributed by atoms with van der Waals surface area (Å²) in [7, 11) is 1.55. The maximum atomic E-state index is 12.3. The topological polar surface area (TPSA) is 90.7 Å². The van der Waals surface area contributed by atoms with Crippen LogP contribution in [-0.4, -0.2) is 46.6 Å². The van der Waals surface area contributed by atoms with Crippen LogP contribution in [-0.2, 0) is 11.4 Å². The number of nitrogens with one attached hydrogen (secondary N) is 1. The minimum absolute atomic E-state index is 0.0355. The van der Waals surface area contributed by atoms with E-state index in [-0.39, 0.29) is 24.2 Å². The Kier molecular flexibility index (Phi) is 8.34. The predicted octanol–water partition coefficient (Wildman–Crippen LogP) is 3.46.